The summed E-state index contributed by atoms with van der Waals surface area (Å²) in [4.78, 5) is 32.2. The van der Waals surface area contributed by atoms with Crippen molar-refractivity contribution in [3.63, 3.8) is 0 Å². The van der Waals surface area contributed by atoms with Gasteiger partial charge in [-0.3, -0.25) is 4.79 Å². The number of likely N-dealkylation sites (N-methyl/N-ethyl adjacent to an activating group) is 1. The van der Waals surface area contributed by atoms with Gasteiger partial charge >= 0.3 is 6.09 Å². The largest absolute Gasteiger partial charge is 0.508 e. The van der Waals surface area contributed by atoms with E-state index < -0.39 is 11.7 Å². The number of nitrogens with zero attached hydrogens (tertiary/aromatic N) is 3. The lowest BCUT2D eigenvalue weighted by molar-refractivity contribution is -0.123. The van der Waals surface area contributed by atoms with Crippen LogP contribution < -0.4 is 4.74 Å². The van der Waals surface area contributed by atoms with Crippen LogP contribution in [0.2, 0.25) is 0 Å². The molecule has 0 saturated heterocycles. The standard InChI is InChI=1S/C34H41N3O5/c1-7-29(25-12-9-8-10-13-25)32(26-15-18-28(38)19-16-26)27-17-20-30(35-24-27)41-23-22-37(33(40)42-34(2,3)4)21-11-14-31(39)36(5)6/h8-20,24,38H,7,21-23H2,1-6H3/b14-11+,32-29-. The number of carbonyl (C=O) groups excluding carboxylic acids is 2. The molecule has 8 heteroatoms. The third-order valence-electron chi connectivity index (χ3n) is 6.25. The van der Waals surface area contributed by atoms with E-state index in [9.17, 15) is 14.7 Å². The lowest BCUT2D eigenvalue weighted by Crippen LogP contribution is -2.39. The number of benzene rings is 2. The summed E-state index contributed by atoms with van der Waals surface area (Å²) in [6.07, 6.45) is 5.14. The number of phenols is 1. The van der Waals surface area contributed by atoms with E-state index >= 15 is 0 Å². The highest BCUT2D eigenvalue weighted by Crippen LogP contribution is 2.35. The van der Waals surface area contributed by atoms with Crippen LogP contribution in [0.1, 0.15) is 50.8 Å². The topological polar surface area (TPSA) is 92.2 Å². The molecule has 222 valence electrons. The van der Waals surface area contributed by atoms with Crippen molar-refractivity contribution in [3.05, 3.63) is 102 Å². The first kappa shape index (κ1) is 31.9. The predicted octanol–water partition coefficient (Wildman–Crippen LogP) is 6.42. The molecular weight excluding hydrogens is 530 g/mol. The number of pyridine rings is 1. The van der Waals surface area contributed by atoms with Crippen molar-refractivity contribution in [2.24, 2.45) is 0 Å². The average molecular weight is 572 g/mol. The molecule has 0 aliphatic carbocycles. The lowest BCUT2D eigenvalue weighted by Gasteiger charge is -2.26. The van der Waals surface area contributed by atoms with Gasteiger partial charge in [0.15, 0.2) is 0 Å². The van der Waals surface area contributed by atoms with Crippen LogP contribution in [-0.2, 0) is 9.53 Å². The molecular formula is C34H41N3O5. The Labute approximate surface area is 248 Å². The van der Waals surface area contributed by atoms with E-state index in [0.717, 1.165) is 34.3 Å². The molecule has 0 fully saturated rings. The summed E-state index contributed by atoms with van der Waals surface area (Å²) in [5.74, 6) is 0.459. The van der Waals surface area contributed by atoms with E-state index in [0.29, 0.717) is 5.88 Å². The van der Waals surface area contributed by atoms with Crippen molar-refractivity contribution in [1.29, 1.82) is 0 Å². The smallest absolute Gasteiger partial charge is 0.410 e. The van der Waals surface area contributed by atoms with Gasteiger partial charge in [0.25, 0.3) is 0 Å². The molecule has 1 N–H and O–H groups in total. The molecule has 8 nitrogen and oxygen atoms in total. The zero-order chi connectivity index (χ0) is 30.7. The van der Waals surface area contributed by atoms with E-state index in [4.69, 9.17) is 9.47 Å². The molecule has 0 aliphatic heterocycles. The van der Waals surface area contributed by atoms with Gasteiger partial charge in [-0.15, -0.1) is 0 Å². The van der Waals surface area contributed by atoms with Crippen molar-refractivity contribution in [3.8, 4) is 11.6 Å². The maximum absolute atomic E-state index is 12.8. The van der Waals surface area contributed by atoms with Gasteiger partial charge in [-0.1, -0.05) is 55.5 Å². The van der Waals surface area contributed by atoms with E-state index in [1.807, 2.05) is 42.5 Å². The molecule has 0 spiro atoms. The Kier molecular flexibility index (Phi) is 11.3. The normalized spacial score (nSPS) is 12.0. The Hall–Kier alpha value is -4.59. The third-order valence-corrected chi connectivity index (χ3v) is 6.25. The molecule has 2 aromatic carbocycles. The number of hydrogen-bond acceptors (Lipinski definition) is 6. The van der Waals surface area contributed by atoms with E-state index in [2.05, 4.69) is 24.0 Å². The lowest BCUT2D eigenvalue weighted by atomic mass is 9.89. The van der Waals surface area contributed by atoms with Gasteiger partial charge in [0.05, 0.1) is 6.54 Å². The summed E-state index contributed by atoms with van der Waals surface area (Å²) < 4.78 is 11.4. The number of allylic oxidation sites excluding steroid dienone is 1. The fourth-order valence-electron chi connectivity index (χ4n) is 4.20. The van der Waals surface area contributed by atoms with Crippen LogP contribution >= 0.6 is 0 Å². The van der Waals surface area contributed by atoms with Crippen molar-refractivity contribution in [2.45, 2.75) is 39.7 Å². The zero-order valence-corrected chi connectivity index (χ0v) is 25.3. The van der Waals surface area contributed by atoms with Crippen LogP contribution in [0.15, 0.2) is 85.1 Å². The molecule has 0 unspecified atom stereocenters. The zero-order valence-electron chi connectivity index (χ0n) is 25.3. The Balaban J connectivity index is 1.79. The summed E-state index contributed by atoms with van der Waals surface area (Å²) in [5, 5.41) is 9.87. The first-order chi connectivity index (χ1) is 20.0. The van der Waals surface area contributed by atoms with Gasteiger partial charge in [0.1, 0.15) is 18.0 Å². The SMILES string of the molecule is CC/C(=C(\c1ccc(O)cc1)c1ccc(OCCN(C/C=C/C(=O)N(C)C)C(=O)OC(C)(C)C)nc1)c1ccccc1. The minimum Gasteiger partial charge on any atom is -0.508 e. The Bertz CT molecular complexity index is 1370. The Morgan fingerprint density at radius 1 is 0.929 bits per heavy atom. The highest BCUT2D eigenvalue weighted by molar-refractivity contribution is 5.98. The molecule has 2 amide bonds. The fourth-order valence-corrected chi connectivity index (χ4v) is 4.20. The second kappa shape index (κ2) is 14.9. The van der Waals surface area contributed by atoms with Crippen molar-refractivity contribution in [1.82, 2.24) is 14.8 Å². The summed E-state index contributed by atoms with van der Waals surface area (Å²) in [5.41, 5.74) is 4.53. The van der Waals surface area contributed by atoms with E-state index in [-0.39, 0.29) is 31.4 Å². The molecule has 1 aromatic heterocycles. The molecule has 0 atom stereocenters. The molecule has 0 bridgehead atoms. The summed E-state index contributed by atoms with van der Waals surface area (Å²) >= 11 is 0. The Morgan fingerprint density at radius 2 is 1.60 bits per heavy atom. The van der Waals surface area contributed by atoms with Gasteiger partial charge < -0.3 is 24.4 Å². The Morgan fingerprint density at radius 3 is 2.17 bits per heavy atom. The number of aromatic hydroxyl groups is 1. The molecule has 1 heterocycles. The second-order valence-corrected chi connectivity index (χ2v) is 10.9. The van der Waals surface area contributed by atoms with Gasteiger partial charge in [-0.25, -0.2) is 9.78 Å². The summed E-state index contributed by atoms with van der Waals surface area (Å²) in [6.45, 7) is 8.16. The number of amides is 2. The minimum atomic E-state index is -0.656. The van der Waals surface area contributed by atoms with Crippen LogP contribution in [0.3, 0.4) is 0 Å². The van der Waals surface area contributed by atoms with Crippen molar-refractivity contribution >= 4 is 23.1 Å². The van der Waals surface area contributed by atoms with Gasteiger partial charge in [-0.2, -0.15) is 0 Å². The summed E-state index contributed by atoms with van der Waals surface area (Å²) in [7, 11) is 3.33. The number of phenolic OH excluding ortho intramolecular Hbond substituents is 1. The summed E-state index contributed by atoms with van der Waals surface area (Å²) in [6, 6.07) is 21.1. The van der Waals surface area contributed by atoms with Crippen LogP contribution in [0, 0.1) is 0 Å². The van der Waals surface area contributed by atoms with Crippen molar-refractivity contribution in [2.75, 3.05) is 33.8 Å². The molecule has 3 rings (SSSR count). The number of ether oxygens (including phenoxy) is 2. The molecule has 3 aromatic rings. The third kappa shape index (κ3) is 9.51. The quantitative estimate of drug-likeness (QED) is 0.211. The van der Waals surface area contributed by atoms with E-state index in [1.165, 1.54) is 15.9 Å². The predicted molar refractivity (Wildman–Crippen MR) is 166 cm³/mol. The van der Waals surface area contributed by atoms with Gasteiger partial charge in [0.2, 0.25) is 11.8 Å². The molecule has 0 radical (unpaired) electrons. The number of carbonyl (C=O) groups is 2. The highest BCUT2D eigenvalue weighted by atomic mass is 16.6. The van der Waals surface area contributed by atoms with Crippen molar-refractivity contribution < 1.29 is 24.2 Å². The molecule has 0 saturated carbocycles. The van der Waals surface area contributed by atoms with Crippen LogP contribution in [0.4, 0.5) is 4.79 Å². The number of aromatic nitrogens is 1. The number of hydrogen-bond donors (Lipinski definition) is 1. The molecule has 0 aliphatic rings. The van der Waals surface area contributed by atoms with Crippen LogP contribution in [0.5, 0.6) is 11.6 Å². The molecule has 42 heavy (non-hydrogen) atoms. The van der Waals surface area contributed by atoms with Crippen LogP contribution in [0.25, 0.3) is 11.1 Å². The monoisotopic (exact) mass is 571 g/mol. The first-order valence-corrected chi connectivity index (χ1v) is 14.0. The van der Waals surface area contributed by atoms with Gasteiger partial charge in [0, 0.05) is 44.5 Å². The maximum Gasteiger partial charge on any atom is 0.410 e. The average Bonchev–Trinajstić information content (AvgIpc) is 2.95. The highest BCUT2D eigenvalue weighted by Gasteiger charge is 2.22. The fraction of sp³-hybridized carbons (Fsp3) is 0.324. The first-order valence-electron chi connectivity index (χ1n) is 14.0. The maximum atomic E-state index is 12.8. The minimum absolute atomic E-state index is 0.168. The van der Waals surface area contributed by atoms with E-state index in [1.54, 1.807) is 59.3 Å². The van der Waals surface area contributed by atoms with Gasteiger partial charge in [-0.05, 0) is 67.7 Å². The second-order valence-electron chi connectivity index (χ2n) is 10.9. The van der Waals surface area contributed by atoms with Crippen LogP contribution in [-0.4, -0.2) is 71.3 Å². The number of rotatable bonds is 11.